The maximum absolute atomic E-state index is 12.4. The lowest BCUT2D eigenvalue weighted by atomic mass is 10.1. The first-order valence-corrected chi connectivity index (χ1v) is 8.06. The topological polar surface area (TPSA) is 63.2 Å². The molecule has 21 heavy (non-hydrogen) atoms. The third-order valence-corrected chi connectivity index (χ3v) is 4.99. The van der Waals surface area contributed by atoms with Gasteiger partial charge in [-0.15, -0.1) is 0 Å². The Balaban J connectivity index is 2.33. The molecule has 0 aliphatic carbocycles. The quantitative estimate of drug-likeness (QED) is 0.873. The molecule has 110 valence electrons. The molecule has 0 aromatic heterocycles. The van der Waals surface area contributed by atoms with E-state index in [0.717, 1.165) is 0 Å². The van der Waals surface area contributed by atoms with Crippen molar-refractivity contribution in [1.29, 1.82) is 0 Å². The van der Waals surface area contributed by atoms with E-state index in [4.69, 9.17) is 11.6 Å². The fraction of sp³-hybridized carbons (Fsp3) is 0.133. The lowest BCUT2D eigenvalue weighted by molar-refractivity contribution is 0.101. The van der Waals surface area contributed by atoms with Gasteiger partial charge in [0.25, 0.3) is 10.0 Å². The van der Waals surface area contributed by atoms with Gasteiger partial charge in [0.15, 0.2) is 5.78 Å². The number of nitrogens with one attached hydrogen (secondary N) is 1. The summed E-state index contributed by atoms with van der Waals surface area (Å²) in [6.07, 6.45) is 0. The number of halogens is 1. The van der Waals surface area contributed by atoms with Crippen molar-refractivity contribution in [2.45, 2.75) is 18.7 Å². The van der Waals surface area contributed by atoms with Gasteiger partial charge in [-0.1, -0.05) is 17.7 Å². The van der Waals surface area contributed by atoms with Crippen molar-refractivity contribution in [1.82, 2.24) is 0 Å². The minimum atomic E-state index is -3.72. The van der Waals surface area contributed by atoms with Crippen molar-refractivity contribution < 1.29 is 13.2 Å². The van der Waals surface area contributed by atoms with Crippen LogP contribution < -0.4 is 4.72 Å². The molecule has 0 amide bonds. The number of rotatable bonds is 4. The van der Waals surface area contributed by atoms with Crippen molar-refractivity contribution in [3.63, 3.8) is 0 Å². The Bertz CT molecular complexity index is 783. The molecule has 0 saturated heterocycles. The Morgan fingerprint density at radius 1 is 1.10 bits per heavy atom. The molecule has 0 heterocycles. The van der Waals surface area contributed by atoms with E-state index in [1.54, 1.807) is 43.3 Å². The Kier molecular flexibility index (Phi) is 4.34. The smallest absolute Gasteiger partial charge is 0.262 e. The summed E-state index contributed by atoms with van der Waals surface area (Å²) >= 11 is 5.95. The van der Waals surface area contributed by atoms with Crippen LogP contribution in [0, 0.1) is 6.92 Å². The molecule has 0 fully saturated rings. The van der Waals surface area contributed by atoms with Gasteiger partial charge >= 0.3 is 0 Å². The normalized spacial score (nSPS) is 11.2. The van der Waals surface area contributed by atoms with E-state index in [0.29, 0.717) is 21.8 Å². The van der Waals surface area contributed by atoms with Gasteiger partial charge in [0.05, 0.1) is 4.90 Å². The lowest BCUT2D eigenvalue weighted by Gasteiger charge is -2.11. The van der Waals surface area contributed by atoms with Crippen molar-refractivity contribution in [2.24, 2.45) is 0 Å². The molecule has 0 spiro atoms. The summed E-state index contributed by atoms with van der Waals surface area (Å²) < 4.78 is 27.2. The Morgan fingerprint density at radius 3 is 2.29 bits per heavy atom. The summed E-state index contributed by atoms with van der Waals surface area (Å²) in [4.78, 5) is 11.3. The van der Waals surface area contributed by atoms with Crippen LogP contribution in [0.15, 0.2) is 47.4 Å². The second-order valence-electron chi connectivity index (χ2n) is 4.60. The van der Waals surface area contributed by atoms with E-state index < -0.39 is 10.0 Å². The Morgan fingerprint density at radius 2 is 1.71 bits per heavy atom. The summed E-state index contributed by atoms with van der Waals surface area (Å²) in [6.45, 7) is 3.10. The summed E-state index contributed by atoms with van der Waals surface area (Å²) in [5.41, 5.74) is 1.41. The van der Waals surface area contributed by atoms with Crippen molar-refractivity contribution in [2.75, 3.05) is 4.72 Å². The number of benzene rings is 2. The first-order chi connectivity index (χ1) is 9.81. The van der Waals surface area contributed by atoms with Gasteiger partial charge in [0, 0.05) is 16.3 Å². The fourth-order valence-corrected chi connectivity index (χ4v) is 3.42. The predicted molar refractivity (Wildman–Crippen MR) is 83.4 cm³/mol. The van der Waals surface area contributed by atoms with Gasteiger partial charge in [-0.2, -0.15) is 0 Å². The highest BCUT2D eigenvalue weighted by molar-refractivity contribution is 7.92. The number of Topliss-reactive ketones (excluding diaryl/α,β-unsaturated/α-hetero) is 1. The third-order valence-electron chi connectivity index (χ3n) is 3.05. The molecule has 2 aromatic carbocycles. The maximum Gasteiger partial charge on any atom is 0.262 e. The molecule has 0 unspecified atom stereocenters. The molecule has 2 rings (SSSR count). The van der Waals surface area contributed by atoms with E-state index >= 15 is 0 Å². The van der Waals surface area contributed by atoms with E-state index in [2.05, 4.69) is 4.72 Å². The average molecular weight is 324 g/mol. The molecule has 0 atom stereocenters. The maximum atomic E-state index is 12.4. The largest absolute Gasteiger partial charge is 0.295 e. The minimum Gasteiger partial charge on any atom is -0.295 e. The van der Waals surface area contributed by atoms with Crippen LogP contribution in [-0.2, 0) is 10.0 Å². The Hall–Kier alpha value is -1.85. The summed E-state index contributed by atoms with van der Waals surface area (Å²) in [5.74, 6) is -0.0740. The number of sulfonamides is 1. The van der Waals surface area contributed by atoms with E-state index in [1.807, 2.05) is 0 Å². The van der Waals surface area contributed by atoms with E-state index in [1.165, 1.54) is 13.0 Å². The standard InChI is InChI=1S/C15H14ClNO3S/c1-10-14(16)4-3-5-15(10)21(19,20)17-13-8-6-12(7-9-13)11(2)18/h3-9,17H,1-2H3. The summed E-state index contributed by atoms with van der Waals surface area (Å²) in [7, 11) is -3.72. The van der Waals surface area contributed by atoms with Crippen molar-refractivity contribution >= 4 is 33.1 Å². The van der Waals surface area contributed by atoms with Gasteiger partial charge in [-0.05, 0) is 55.8 Å². The minimum absolute atomic E-state index is 0.0740. The van der Waals surface area contributed by atoms with E-state index in [-0.39, 0.29) is 10.7 Å². The zero-order valence-corrected chi connectivity index (χ0v) is 13.1. The van der Waals surface area contributed by atoms with Crippen LogP contribution in [0.5, 0.6) is 0 Å². The van der Waals surface area contributed by atoms with Crippen LogP contribution in [-0.4, -0.2) is 14.2 Å². The number of carbonyl (C=O) groups excluding carboxylic acids is 1. The molecule has 0 aliphatic rings. The van der Waals surface area contributed by atoms with Crippen LogP contribution in [0.2, 0.25) is 5.02 Å². The average Bonchev–Trinajstić information content (AvgIpc) is 2.41. The second kappa shape index (κ2) is 5.87. The molecule has 1 N–H and O–H groups in total. The van der Waals surface area contributed by atoms with Gasteiger partial charge < -0.3 is 0 Å². The number of anilines is 1. The van der Waals surface area contributed by atoms with Crippen molar-refractivity contribution in [3.05, 3.63) is 58.6 Å². The van der Waals surface area contributed by atoms with Gasteiger partial charge in [-0.3, -0.25) is 9.52 Å². The molecular formula is C15H14ClNO3S. The molecule has 0 bridgehead atoms. The number of hydrogen-bond acceptors (Lipinski definition) is 3. The van der Waals surface area contributed by atoms with Gasteiger partial charge in [0.2, 0.25) is 0 Å². The highest BCUT2D eigenvalue weighted by atomic mass is 35.5. The monoisotopic (exact) mass is 323 g/mol. The van der Waals surface area contributed by atoms with E-state index in [9.17, 15) is 13.2 Å². The lowest BCUT2D eigenvalue weighted by Crippen LogP contribution is -2.14. The third kappa shape index (κ3) is 3.43. The molecule has 0 radical (unpaired) electrons. The van der Waals surface area contributed by atoms with Crippen LogP contribution in [0.4, 0.5) is 5.69 Å². The number of ketones is 1. The molecule has 0 aliphatic heterocycles. The van der Waals surface area contributed by atoms with Crippen LogP contribution in [0.3, 0.4) is 0 Å². The van der Waals surface area contributed by atoms with Gasteiger partial charge in [-0.25, -0.2) is 8.42 Å². The predicted octanol–water partition coefficient (Wildman–Crippen LogP) is 3.65. The van der Waals surface area contributed by atoms with Crippen LogP contribution >= 0.6 is 11.6 Å². The Labute approximate surface area is 128 Å². The second-order valence-corrected chi connectivity index (χ2v) is 6.66. The first-order valence-electron chi connectivity index (χ1n) is 6.20. The molecule has 4 nitrogen and oxygen atoms in total. The molecule has 2 aromatic rings. The summed E-state index contributed by atoms with van der Waals surface area (Å²) in [5, 5.41) is 0.393. The van der Waals surface area contributed by atoms with Crippen molar-refractivity contribution in [3.8, 4) is 0 Å². The van der Waals surface area contributed by atoms with Crippen LogP contribution in [0.1, 0.15) is 22.8 Å². The molecule has 6 heteroatoms. The summed E-state index contributed by atoms with van der Waals surface area (Å²) in [6, 6.07) is 11.0. The van der Waals surface area contributed by atoms with Crippen LogP contribution in [0.25, 0.3) is 0 Å². The highest BCUT2D eigenvalue weighted by Crippen LogP contribution is 2.24. The van der Waals surface area contributed by atoms with Gasteiger partial charge in [0.1, 0.15) is 0 Å². The number of hydrogen-bond donors (Lipinski definition) is 1. The highest BCUT2D eigenvalue weighted by Gasteiger charge is 2.18. The molecular weight excluding hydrogens is 310 g/mol. The first kappa shape index (κ1) is 15.5. The number of carbonyl (C=O) groups is 1. The zero-order chi connectivity index (χ0) is 15.6. The molecule has 0 saturated carbocycles. The zero-order valence-electron chi connectivity index (χ0n) is 11.6. The fourth-order valence-electron chi connectivity index (χ4n) is 1.86. The SMILES string of the molecule is CC(=O)c1ccc(NS(=O)(=O)c2cccc(Cl)c2C)cc1.